The zero-order valence-corrected chi connectivity index (χ0v) is 15.8. The van der Waals surface area contributed by atoms with Crippen LogP contribution in [0.4, 0.5) is 0 Å². The van der Waals surface area contributed by atoms with Gasteiger partial charge in [0.2, 0.25) is 16.9 Å². The summed E-state index contributed by atoms with van der Waals surface area (Å²) < 4.78 is 17.2. The molecule has 27 heavy (non-hydrogen) atoms. The molecule has 6 heteroatoms. The normalized spacial score (nSPS) is 11.1. The zero-order valence-electron chi connectivity index (χ0n) is 14.3. The number of furan rings is 1. The van der Waals surface area contributed by atoms with Gasteiger partial charge in [-0.3, -0.25) is 4.79 Å². The summed E-state index contributed by atoms with van der Waals surface area (Å²) in [5.74, 6) is 0.729. The highest BCUT2D eigenvalue weighted by Crippen LogP contribution is 2.32. The second-order valence-corrected chi connectivity index (χ2v) is 6.93. The Labute approximate surface area is 164 Å². The van der Waals surface area contributed by atoms with Crippen molar-refractivity contribution in [1.29, 1.82) is 0 Å². The van der Waals surface area contributed by atoms with Crippen molar-refractivity contribution in [2.45, 2.75) is 13.5 Å². The molecule has 2 heterocycles. The Morgan fingerprint density at radius 1 is 1.07 bits per heavy atom. The number of hydrogen-bond donors (Lipinski definition) is 0. The van der Waals surface area contributed by atoms with Gasteiger partial charge < -0.3 is 13.6 Å². The maximum absolute atomic E-state index is 13.1. The average molecular weight is 401 g/mol. The highest BCUT2D eigenvalue weighted by atomic mass is 35.5. The summed E-state index contributed by atoms with van der Waals surface area (Å²) in [4.78, 5) is 13.1. The Morgan fingerprint density at radius 3 is 2.67 bits per heavy atom. The standard InChI is InChI=1S/C21H14Cl2O4/c1-12-4-7-17-15(9-12)19(24)21(20(27-17)18-3-2-8-25-18)26-11-13-5-6-14(22)10-16(13)23/h2-10H,11H2,1H3. The van der Waals surface area contributed by atoms with Gasteiger partial charge in [-0.2, -0.15) is 0 Å². The van der Waals surface area contributed by atoms with Crippen LogP contribution in [-0.2, 0) is 6.61 Å². The van der Waals surface area contributed by atoms with Gasteiger partial charge in [-0.25, -0.2) is 0 Å². The first-order valence-electron chi connectivity index (χ1n) is 8.21. The Balaban J connectivity index is 1.83. The third kappa shape index (κ3) is 3.46. The van der Waals surface area contributed by atoms with E-state index in [0.29, 0.717) is 32.3 Å². The second-order valence-electron chi connectivity index (χ2n) is 6.09. The lowest BCUT2D eigenvalue weighted by atomic mass is 10.1. The first-order chi connectivity index (χ1) is 13.0. The van der Waals surface area contributed by atoms with Crippen molar-refractivity contribution < 1.29 is 13.6 Å². The molecule has 4 rings (SSSR count). The molecule has 0 aliphatic rings. The van der Waals surface area contributed by atoms with E-state index in [9.17, 15) is 4.79 Å². The van der Waals surface area contributed by atoms with Gasteiger partial charge in [0.25, 0.3) is 0 Å². The molecular formula is C21H14Cl2O4. The van der Waals surface area contributed by atoms with Crippen LogP contribution in [-0.4, -0.2) is 0 Å². The van der Waals surface area contributed by atoms with Crippen LogP contribution >= 0.6 is 23.2 Å². The van der Waals surface area contributed by atoms with Gasteiger partial charge in [0.05, 0.1) is 11.6 Å². The Morgan fingerprint density at radius 2 is 1.93 bits per heavy atom. The fraction of sp³-hybridized carbons (Fsp3) is 0.0952. The maximum Gasteiger partial charge on any atom is 0.235 e. The molecule has 0 atom stereocenters. The molecule has 0 radical (unpaired) electrons. The molecule has 0 amide bonds. The van der Waals surface area contributed by atoms with Crippen molar-refractivity contribution in [1.82, 2.24) is 0 Å². The fourth-order valence-corrected chi connectivity index (χ4v) is 3.24. The number of benzene rings is 2. The van der Waals surface area contributed by atoms with Gasteiger partial charge in [-0.15, -0.1) is 0 Å². The summed E-state index contributed by atoms with van der Waals surface area (Å²) in [5, 5.41) is 1.44. The van der Waals surface area contributed by atoms with Crippen LogP contribution in [0.25, 0.3) is 22.5 Å². The second kappa shape index (κ2) is 7.14. The molecule has 0 aliphatic heterocycles. The van der Waals surface area contributed by atoms with Crippen molar-refractivity contribution in [3.8, 4) is 17.3 Å². The molecule has 0 bridgehead atoms. The number of ether oxygens (including phenoxy) is 1. The molecule has 4 aromatic rings. The Hall–Kier alpha value is -2.69. The molecule has 136 valence electrons. The van der Waals surface area contributed by atoms with E-state index < -0.39 is 0 Å². The number of fused-ring (bicyclic) bond motifs is 1. The van der Waals surface area contributed by atoms with Crippen LogP contribution in [0.2, 0.25) is 10.0 Å². The number of rotatable bonds is 4. The van der Waals surface area contributed by atoms with Crippen molar-refractivity contribution in [2.75, 3.05) is 0 Å². The predicted octanol–water partition coefficient (Wildman–Crippen LogP) is 6.25. The monoisotopic (exact) mass is 400 g/mol. The quantitative estimate of drug-likeness (QED) is 0.406. The van der Waals surface area contributed by atoms with Crippen LogP contribution in [0.1, 0.15) is 11.1 Å². The first kappa shape index (κ1) is 17.7. The van der Waals surface area contributed by atoms with E-state index in [-0.39, 0.29) is 23.5 Å². The minimum Gasteiger partial charge on any atom is -0.481 e. The molecule has 4 nitrogen and oxygen atoms in total. The summed E-state index contributed by atoms with van der Waals surface area (Å²) in [5.41, 5.74) is 1.85. The molecule has 0 fully saturated rings. The van der Waals surface area contributed by atoms with Crippen molar-refractivity contribution in [3.63, 3.8) is 0 Å². The van der Waals surface area contributed by atoms with Gasteiger partial charge in [0.1, 0.15) is 12.2 Å². The SMILES string of the molecule is Cc1ccc2oc(-c3ccco3)c(OCc3ccc(Cl)cc3Cl)c(=O)c2c1. The molecule has 0 saturated carbocycles. The summed E-state index contributed by atoms with van der Waals surface area (Å²) in [6.45, 7) is 2.00. The Kier molecular flexibility index (Phi) is 4.68. The van der Waals surface area contributed by atoms with E-state index in [4.69, 9.17) is 36.8 Å². The molecule has 0 unspecified atom stereocenters. The number of halogens is 2. The summed E-state index contributed by atoms with van der Waals surface area (Å²) >= 11 is 12.1. The molecule has 0 aliphatic carbocycles. The topological polar surface area (TPSA) is 52.6 Å². The highest BCUT2D eigenvalue weighted by molar-refractivity contribution is 6.35. The molecule has 0 N–H and O–H groups in total. The van der Waals surface area contributed by atoms with E-state index in [1.165, 1.54) is 6.26 Å². The molecule has 2 aromatic heterocycles. The lowest BCUT2D eigenvalue weighted by molar-refractivity contribution is 0.296. The highest BCUT2D eigenvalue weighted by Gasteiger charge is 2.20. The first-order valence-corrected chi connectivity index (χ1v) is 8.96. The number of aryl methyl sites for hydroxylation is 1. The third-order valence-electron chi connectivity index (χ3n) is 4.14. The van der Waals surface area contributed by atoms with Gasteiger partial charge in [-0.05, 0) is 43.3 Å². The van der Waals surface area contributed by atoms with Crippen LogP contribution in [0.15, 0.2) is 68.4 Å². The van der Waals surface area contributed by atoms with E-state index in [1.54, 1.807) is 42.5 Å². The molecule has 0 saturated heterocycles. The minimum absolute atomic E-state index is 0.0778. The smallest absolute Gasteiger partial charge is 0.235 e. The van der Waals surface area contributed by atoms with E-state index >= 15 is 0 Å². The van der Waals surface area contributed by atoms with Crippen LogP contribution in [0.3, 0.4) is 0 Å². The van der Waals surface area contributed by atoms with Gasteiger partial charge in [0, 0.05) is 15.6 Å². The number of hydrogen-bond acceptors (Lipinski definition) is 4. The van der Waals surface area contributed by atoms with Gasteiger partial charge in [0.15, 0.2) is 5.76 Å². The van der Waals surface area contributed by atoms with Crippen LogP contribution in [0, 0.1) is 6.92 Å². The molecule has 2 aromatic carbocycles. The molecule has 0 spiro atoms. The van der Waals surface area contributed by atoms with Crippen molar-refractivity contribution in [2.24, 2.45) is 0 Å². The summed E-state index contributed by atoms with van der Waals surface area (Å²) in [7, 11) is 0. The molecular weight excluding hydrogens is 387 g/mol. The van der Waals surface area contributed by atoms with Crippen LogP contribution < -0.4 is 10.2 Å². The minimum atomic E-state index is -0.267. The maximum atomic E-state index is 13.1. The van der Waals surface area contributed by atoms with Gasteiger partial charge >= 0.3 is 0 Å². The third-order valence-corrected chi connectivity index (χ3v) is 4.72. The van der Waals surface area contributed by atoms with E-state index in [1.807, 2.05) is 13.0 Å². The lowest BCUT2D eigenvalue weighted by Crippen LogP contribution is -2.10. The van der Waals surface area contributed by atoms with Crippen molar-refractivity contribution in [3.05, 3.63) is 86.2 Å². The largest absolute Gasteiger partial charge is 0.481 e. The summed E-state index contributed by atoms with van der Waals surface area (Å²) in [6.07, 6.45) is 1.51. The van der Waals surface area contributed by atoms with E-state index in [2.05, 4.69) is 0 Å². The fourth-order valence-electron chi connectivity index (χ4n) is 2.78. The van der Waals surface area contributed by atoms with E-state index in [0.717, 1.165) is 5.56 Å². The Bertz CT molecular complexity index is 1180. The predicted molar refractivity (Wildman–Crippen MR) is 106 cm³/mol. The van der Waals surface area contributed by atoms with Crippen molar-refractivity contribution >= 4 is 34.2 Å². The summed E-state index contributed by atoms with van der Waals surface area (Å²) in [6, 6.07) is 13.9. The zero-order chi connectivity index (χ0) is 19.0. The lowest BCUT2D eigenvalue weighted by Gasteiger charge is -2.11. The van der Waals surface area contributed by atoms with Gasteiger partial charge in [-0.1, -0.05) is 40.9 Å². The van der Waals surface area contributed by atoms with Crippen LogP contribution in [0.5, 0.6) is 5.75 Å². The average Bonchev–Trinajstić information content (AvgIpc) is 3.17.